The highest BCUT2D eigenvalue weighted by Crippen LogP contribution is 2.20. The molecular weight excluding hydrogens is 235 g/mol. The number of nitrogen functional groups attached to an aromatic ring is 1. The summed E-state index contributed by atoms with van der Waals surface area (Å²) in [5.41, 5.74) is 6.81. The maximum absolute atomic E-state index is 13.1. The summed E-state index contributed by atoms with van der Waals surface area (Å²) in [6.45, 7) is 1.69. The van der Waals surface area contributed by atoms with E-state index in [1.165, 1.54) is 13.2 Å². The molecule has 2 aromatic rings. The normalized spacial score (nSPS) is 10.2. The van der Waals surface area contributed by atoms with E-state index in [0.717, 1.165) is 0 Å². The number of nitrogens with one attached hydrogen (secondary N) is 1. The molecule has 1 heterocycles. The lowest BCUT2D eigenvalue weighted by Crippen LogP contribution is -2.02. The molecule has 0 radical (unpaired) electrons. The molecule has 0 aliphatic carbocycles. The smallest absolute Gasteiger partial charge is 0.225 e. The maximum atomic E-state index is 13.1. The largest absolute Gasteiger partial charge is 0.481 e. The van der Waals surface area contributed by atoms with Gasteiger partial charge in [0.25, 0.3) is 0 Å². The van der Waals surface area contributed by atoms with E-state index in [4.69, 9.17) is 10.5 Å². The highest BCUT2D eigenvalue weighted by atomic mass is 19.1. The molecule has 0 fully saturated rings. The van der Waals surface area contributed by atoms with Crippen LogP contribution in [-0.2, 0) is 0 Å². The average Bonchev–Trinajstić information content (AvgIpc) is 2.33. The van der Waals surface area contributed by atoms with E-state index in [0.29, 0.717) is 22.9 Å². The van der Waals surface area contributed by atoms with Crippen molar-refractivity contribution >= 4 is 17.5 Å². The monoisotopic (exact) mass is 248 g/mol. The van der Waals surface area contributed by atoms with E-state index >= 15 is 0 Å². The Kier molecular flexibility index (Phi) is 3.27. The molecule has 1 aromatic heterocycles. The molecule has 0 spiro atoms. The van der Waals surface area contributed by atoms with Crippen LogP contribution in [0.1, 0.15) is 5.56 Å². The van der Waals surface area contributed by atoms with Crippen molar-refractivity contribution in [1.29, 1.82) is 0 Å². The average molecular weight is 248 g/mol. The molecule has 2 rings (SSSR count). The van der Waals surface area contributed by atoms with Crippen LogP contribution in [0.25, 0.3) is 0 Å². The predicted molar refractivity (Wildman–Crippen MR) is 67.4 cm³/mol. The van der Waals surface area contributed by atoms with Crippen LogP contribution >= 0.6 is 0 Å². The van der Waals surface area contributed by atoms with Gasteiger partial charge in [-0.1, -0.05) is 0 Å². The van der Waals surface area contributed by atoms with Crippen molar-refractivity contribution < 1.29 is 9.13 Å². The third kappa shape index (κ3) is 2.65. The summed E-state index contributed by atoms with van der Waals surface area (Å²) in [6.07, 6.45) is 0. The Labute approximate surface area is 104 Å². The topological polar surface area (TPSA) is 73.1 Å². The van der Waals surface area contributed by atoms with Crippen molar-refractivity contribution in [2.45, 2.75) is 6.92 Å². The second-order valence-electron chi connectivity index (χ2n) is 3.74. The van der Waals surface area contributed by atoms with E-state index in [9.17, 15) is 4.39 Å². The fraction of sp³-hybridized carbons (Fsp3) is 0.167. The van der Waals surface area contributed by atoms with Gasteiger partial charge in [0.15, 0.2) is 0 Å². The van der Waals surface area contributed by atoms with Gasteiger partial charge >= 0.3 is 0 Å². The van der Waals surface area contributed by atoms with E-state index in [1.807, 2.05) is 0 Å². The van der Waals surface area contributed by atoms with Crippen LogP contribution in [0.15, 0.2) is 24.3 Å². The van der Waals surface area contributed by atoms with Crippen LogP contribution in [0.4, 0.5) is 21.8 Å². The fourth-order valence-corrected chi connectivity index (χ4v) is 1.48. The summed E-state index contributed by atoms with van der Waals surface area (Å²) < 4.78 is 18.1. The van der Waals surface area contributed by atoms with Crippen LogP contribution in [0.3, 0.4) is 0 Å². The molecule has 0 unspecified atom stereocenters. The maximum Gasteiger partial charge on any atom is 0.225 e. The Morgan fingerprint density at radius 3 is 2.72 bits per heavy atom. The third-order valence-corrected chi connectivity index (χ3v) is 2.36. The number of ether oxygens (including phenoxy) is 1. The number of hydrogen-bond donors (Lipinski definition) is 2. The molecule has 0 aliphatic rings. The Morgan fingerprint density at radius 2 is 2.06 bits per heavy atom. The lowest BCUT2D eigenvalue weighted by Gasteiger charge is -2.08. The van der Waals surface area contributed by atoms with Gasteiger partial charge in [-0.05, 0) is 30.7 Å². The number of aryl methyl sites for hydroxylation is 1. The van der Waals surface area contributed by atoms with Crippen molar-refractivity contribution in [3.63, 3.8) is 0 Å². The van der Waals surface area contributed by atoms with Gasteiger partial charge in [0, 0.05) is 11.8 Å². The number of nitrogens with zero attached hydrogens (tertiary/aromatic N) is 2. The summed E-state index contributed by atoms with van der Waals surface area (Å²) >= 11 is 0. The van der Waals surface area contributed by atoms with Crippen LogP contribution in [0.5, 0.6) is 5.88 Å². The highest BCUT2D eigenvalue weighted by molar-refractivity contribution is 5.58. The first-order valence-corrected chi connectivity index (χ1v) is 5.30. The molecule has 0 bridgehead atoms. The molecule has 5 nitrogen and oxygen atoms in total. The number of halogens is 1. The van der Waals surface area contributed by atoms with Gasteiger partial charge in [0.05, 0.1) is 7.11 Å². The minimum Gasteiger partial charge on any atom is -0.481 e. The molecule has 6 heteroatoms. The van der Waals surface area contributed by atoms with Crippen LogP contribution in [0, 0.1) is 12.7 Å². The number of aromatic nitrogens is 2. The number of methoxy groups -OCH3 is 1. The minimum absolute atomic E-state index is 0.107. The van der Waals surface area contributed by atoms with Gasteiger partial charge in [-0.2, -0.15) is 9.97 Å². The molecule has 0 saturated heterocycles. The zero-order chi connectivity index (χ0) is 13.1. The minimum atomic E-state index is -0.250. The summed E-state index contributed by atoms with van der Waals surface area (Å²) in [4.78, 5) is 7.88. The third-order valence-electron chi connectivity index (χ3n) is 2.36. The van der Waals surface area contributed by atoms with Crippen LogP contribution < -0.4 is 15.8 Å². The van der Waals surface area contributed by atoms with E-state index in [-0.39, 0.29) is 11.8 Å². The summed E-state index contributed by atoms with van der Waals surface area (Å²) in [5, 5.41) is 3.01. The van der Waals surface area contributed by atoms with Crippen LogP contribution in [0.2, 0.25) is 0 Å². The molecule has 0 amide bonds. The number of rotatable bonds is 3. The second-order valence-corrected chi connectivity index (χ2v) is 3.74. The van der Waals surface area contributed by atoms with Crippen molar-refractivity contribution in [2.75, 3.05) is 18.2 Å². The van der Waals surface area contributed by atoms with Crippen molar-refractivity contribution in [3.05, 3.63) is 35.6 Å². The van der Waals surface area contributed by atoms with E-state index < -0.39 is 0 Å². The van der Waals surface area contributed by atoms with Gasteiger partial charge < -0.3 is 15.8 Å². The molecule has 0 atom stereocenters. The zero-order valence-electron chi connectivity index (χ0n) is 10.1. The van der Waals surface area contributed by atoms with Crippen LogP contribution in [-0.4, -0.2) is 17.1 Å². The summed E-state index contributed by atoms with van der Waals surface area (Å²) in [5.74, 6) is 0.713. The molecule has 0 saturated carbocycles. The lowest BCUT2D eigenvalue weighted by molar-refractivity contribution is 0.398. The first-order valence-electron chi connectivity index (χ1n) is 5.30. The Balaban J connectivity index is 2.27. The van der Waals surface area contributed by atoms with Gasteiger partial charge in [-0.3, -0.25) is 0 Å². The number of anilines is 3. The fourth-order valence-electron chi connectivity index (χ4n) is 1.48. The first kappa shape index (κ1) is 12.1. The number of benzene rings is 1. The van der Waals surface area contributed by atoms with Gasteiger partial charge in [-0.25, -0.2) is 4.39 Å². The first-order chi connectivity index (χ1) is 8.58. The lowest BCUT2D eigenvalue weighted by atomic mass is 10.2. The second kappa shape index (κ2) is 4.87. The number of nitrogens with two attached hydrogens (primary N) is 1. The van der Waals surface area contributed by atoms with Gasteiger partial charge in [0.2, 0.25) is 11.8 Å². The van der Waals surface area contributed by atoms with E-state index in [1.54, 1.807) is 25.1 Å². The van der Waals surface area contributed by atoms with Crippen molar-refractivity contribution in [3.8, 4) is 5.88 Å². The quantitative estimate of drug-likeness (QED) is 0.871. The predicted octanol–water partition coefficient (Wildman–Crippen LogP) is 2.26. The molecule has 18 heavy (non-hydrogen) atoms. The Bertz CT molecular complexity index is 574. The molecule has 3 N–H and O–H groups in total. The van der Waals surface area contributed by atoms with Crippen molar-refractivity contribution in [2.24, 2.45) is 0 Å². The van der Waals surface area contributed by atoms with Crippen molar-refractivity contribution in [1.82, 2.24) is 9.97 Å². The molecule has 0 aliphatic heterocycles. The SMILES string of the molecule is COc1cc(Nc2ccc(F)c(C)c2)nc(N)n1. The molecule has 94 valence electrons. The van der Waals surface area contributed by atoms with Gasteiger partial charge in [0.1, 0.15) is 11.6 Å². The van der Waals surface area contributed by atoms with Gasteiger partial charge in [-0.15, -0.1) is 0 Å². The number of hydrogen-bond acceptors (Lipinski definition) is 5. The van der Waals surface area contributed by atoms with E-state index in [2.05, 4.69) is 15.3 Å². The summed E-state index contributed by atoms with van der Waals surface area (Å²) in [7, 11) is 1.49. The summed E-state index contributed by atoms with van der Waals surface area (Å²) in [6, 6.07) is 6.29. The zero-order valence-corrected chi connectivity index (χ0v) is 10.1. The molecular formula is C12H13FN4O. The Morgan fingerprint density at radius 1 is 1.28 bits per heavy atom. The Hall–Kier alpha value is -2.37. The highest BCUT2D eigenvalue weighted by Gasteiger charge is 2.04. The standard InChI is InChI=1S/C12H13FN4O/c1-7-5-8(3-4-9(7)13)15-10-6-11(18-2)17-12(14)16-10/h3-6H,1-2H3,(H3,14,15,16,17). The molecule has 1 aromatic carbocycles.